The summed E-state index contributed by atoms with van der Waals surface area (Å²) >= 11 is 0. The molecule has 0 saturated carbocycles. The van der Waals surface area contributed by atoms with E-state index in [0.717, 1.165) is 25.4 Å². The molecular weight excluding hydrogens is 206 g/mol. The van der Waals surface area contributed by atoms with Gasteiger partial charge in [0, 0.05) is 18.8 Å². The monoisotopic (exact) mass is 221 g/mol. The van der Waals surface area contributed by atoms with Gasteiger partial charge in [-0.3, -0.25) is 0 Å². The molecule has 1 saturated heterocycles. The Bertz CT molecular complexity index is 374. The molecule has 16 heavy (non-hydrogen) atoms. The molecule has 4 heteroatoms. The van der Waals surface area contributed by atoms with Crippen molar-refractivity contribution in [3.63, 3.8) is 0 Å². The van der Waals surface area contributed by atoms with E-state index in [4.69, 9.17) is 9.84 Å². The Morgan fingerprint density at radius 3 is 2.69 bits per heavy atom. The van der Waals surface area contributed by atoms with Crippen LogP contribution in [0, 0.1) is 0 Å². The number of ether oxygens (including phenoxy) is 1. The minimum atomic E-state index is -0.887. The van der Waals surface area contributed by atoms with Gasteiger partial charge >= 0.3 is 5.97 Å². The van der Waals surface area contributed by atoms with Crippen molar-refractivity contribution in [2.45, 2.75) is 13.0 Å². The van der Waals surface area contributed by atoms with Crippen LogP contribution >= 0.6 is 0 Å². The minimum Gasteiger partial charge on any atom is -0.478 e. The highest BCUT2D eigenvalue weighted by molar-refractivity contribution is 5.88. The maximum absolute atomic E-state index is 10.7. The highest BCUT2D eigenvalue weighted by Gasteiger charge is 2.16. The zero-order valence-electron chi connectivity index (χ0n) is 9.22. The third-order valence-corrected chi connectivity index (χ3v) is 2.72. The molecule has 1 unspecified atom stereocenters. The molecule has 4 nitrogen and oxygen atoms in total. The lowest BCUT2D eigenvalue weighted by atomic mass is 10.2. The summed E-state index contributed by atoms with van der Waals surface area (Å²) in [6, 6.07) is 6.97. The minimum absolute atomic E-state index is 0.230. The van der Waals surface area contributed by atoms with Crippen LogP contribution in [0.15, 0.2) is 24.3 Å². The Morgan fingerprint density at radius 2 is 2.12 bits per heavy atom. The lowest BCUT2D eigenvalue weighted by Gasteiger charge is -2.32. The molecule has 1 aliphatic heterocycles. The van der Waals surface area contributed by atoms with Crippen molar-refractivity contribution in [1.29, 1.82) is 0 Å². The zero-order chi connectivity index (χ0) is 11.5. The van der Waals surface area contributed by atoms with Crippen LogP contribution in [-0.2, 0) is 4.74 Å². The first kappa shape index (κ1) is 11.0. The SMILES string of the molecule is CC1CN(c2ccc(C(=O)O)cc2)CCO1. The summed E-state index contributed by atoms with van der Waals surface area (Å²) in [5, 5.41) is 8.79. The predicted molar refractivity (Wildman–Crippen MR) is 61.0 cm³/mol. The third kappa shape index (κ3) is 2.33. The van der Waals surface area contributed by atoms with Gasteiger partial charge in [-0.15, -0.1) is 0 Å². The van der Waals surface area contributed by atoms with Crippen molar-refractivity contribution in [3.05, 3.63) is 29.8 Å². The van der Waals surface area contributed by atoms with E-state index in [1.165, 1.54) is 0 Å². The summed E-state index contributed by atoms with van der Waals surface area (Å²) in [7, 11) is 0. The second kappa shape index (κ2) is 4.53. The number of aromatic carboxylic acids is 1. The van der Waals surface area contributed by atoms with Crippen molar-refractivity contribution in [3.8, 4) is 0 Å². The average Bonchev–Trinajstić information content (AvgIpc) is 2.29. The summed E-state index contributed by atoms with van der Waals surface area (Å²) < 4.78 is 5.46. The van der Waals surface area contributed by atoms with E-state index >= 15 is 0 Å². The van der Waals surface area contributed by atoms with Gasteiger partial charge in [-0.2, -0.15) is 0 Å². The predicted octanol–water partition coefficient (Wildman–Crippen LogP) is 1.61. The molecule has 0 bridgehead atoms. The van der Waals surface area contributed by atoms with Gasteiger partial charge in [0.2, 0.25) is 0 Å². The maximum Gasteiger partial charge on any atom is 0.335 e. The topological polar surface area (TPSA) is 49.8 Å². The van der Waals surface area contributed by atoms with Crippen molar-refractivity contribution in [2.75, 3.05) is 24.6 Å². The fourth-order valence-corrected chi connectivity index (χ4v) is 1.87. The van der Waals surface area contributed by atoms with E-state index in [1.54, 1.807) is 12.1 Å². The second-order valence-electron chi connectivity index (χ2n) is 3.98. The summed E-state index contributed by atoms with van der Waals surface area (Å²) in [5.41, 5.74) is 1.38. The fourth-order valence-electron chi connectivity index (χ4n) is 1.87. The number of hydrogen-bond donors (Lipinski definition) is 1. The zero-order valence-corrected chi connectivity index (χ0v) is 9.22. The maximum atomic E-state index is 10.7. The number of anilines is 1. The number of benzene rings is 1. The fraction of sp³-hybridized carbons (Fsp3) is 0.417. The highest BCUT2D eigenvalue weighted by atomic mass is 16.5. The standard InChI is InChI=1S/C12H15NO3/c1-9-8-13(6-7-16-9)11-4-2-10(3-5-11)12(14)15/h2-5,9H,6-8H2,1H3,(H,14,15). The molecule has 1 N–H and O–H groups in total. The number of hydrogen-bond acceptors (Lipinski definition) is 3. The first-order valence-corrected chi connectivity index (χ1v) is 5.37. The first-order valence-electron chi connectivity index (χ1n) is 5.37. The number of carboxylic acid groups (broad SMARTS) is 1. The Kier molecular flexibility index (Phi) is 3.10. The van der Waals surface area contributed by atoms with Crippen molar-refractivity contribution in [2.24, 2.45) is 0 Å². The van der Waals surface area contributed by atoms with Crippen LogP contribution in [0.5, 0.6) is 0 Å². The van der Waals surface area contributed by atoms with E-state index in [-0.39, 0.29) is 6.10 Å². The van der Waals surface area contributed by atoms with Crippen LogP contribution in [0.1, 0.15) is 17.3 Å². The molecule has 1 atom stereocenters. The van der Waals surface area contributed by atoms with Gasteiger partial charge in [-0.05, 0) is 31.2 Å². The molecule has 0 amide bonds. The Balaban J connectivity index is 2.11. The van der Waals surface area contributed by atoms with Gasteiger partial charge in [0.1, 0.15) is 0 Å². The smallest absolute Gasteiger partial charge is 0.335 e. The van der Waals surface area contributed by atoms with Gasteiger partial charge in [0.05, 0.1) is 18.3 Å². The number of morpholine rings is 1. The van der Waals surface area contributed by atoms with Crippen molar-refractivity contribution >= 4 is 11.7 Å². The van der Waals surface area contributed by atoms with Gasteiger partial charge < -0.3 is 14.7 Å². The first-order chi connectivity index (χ1) is 7.66. The van der Waals surface area contributed by atoms with E-state index < -0.39 is 5.97 Å². The quantitative estimate of drug-likeness (QED) is 0.824. The Hall–Kier alpha value is -1.55. The summed E-state index contributed by atoms with van der Waals surface area (Å²) in [6.07, 6.45) is 0.230. The van der Waals surface area contributed by atoms with Gasteiger partial charge in [0.25, 0.3) is 0 Å². The molecule has 2 rings (SSSR count). The lowest BCUT2D eigenvalue weighted by Crippen LogP contribution is -2.41. The van der Waals surface area contributed by atoms with Crippen LogP contribution < -0.4 is 4.90 Å². The van der Waals surface area contributed by atoms with Crippen LogP contribution in [-0.4, -0.2) is 36.9 Å². The summed E-state index contributed by atoms with van der Waals surface area (Å²) in [4.78, 5) is 12.9. The second-order valence-corrected chi connectivity index (χ2v) is 3.98. The van der Waals surface area contributed by atoms with E-state index in [9.17, 15) is 4.79 Å². The molecular formula is C12H15NO3. The van der Waals surface area contributed by atoms with E-state index in [2.05, 4.69) is 4.90 Å². The van der Waals surface area contributed by atoms with E-state index in [1.807, 2.05) is 19.1 Å². The molecule has 1 aromatic rings. The molecule has 1 fully saturated rings. The molecule has 1 aromatic carbocycles. The van der Waals surface area contributed by atoms with Crippen molar-refractivity contribution < 1.29 is 14.6 Å². The van der Waals surface area contributed by atoms with E-state index in [0.29, 0.717) is 5.56 Å². The number of rotatable bonds is 2. The van der Waals surface area contributed by atoms with Gasteiger partial charge in [0.15, 0.2) is 0 Å². The largest absolute Gasteiger partial charge is 0.478 e. The summed E-state index contributed by atoms with van der Waals surface area (Å²) in [5.74, 6) is -0.887. The van der Waals surface area contributed by atoms with Gasteiger partial charge in [-0.1, -0.05) is 0 Å². The third-order valence-electron chi connectivity index (χ3n) is 2.72. The molecule has 0 aromatic heterocycles. The molecule has 0 radical (unpaired) electrons. The number of carboxylic acids is 1. The van der Waals surface area contributed by atoms with Crippen LogP contribution in [0.2, 0.25) is 0 Å². The molecule has 0 aliphatic carbocycles. The Morgan fingerprint density at radius 1 is 1.44 bits per heavy atom. The Labute approximate surface area is 94.4 Å². The van der Waals surface area contributed by atoms with Crippen LogP contribution in [0.3, 0.4) is 0 Å². The van der Waals surface area contributed by atoms with Crippen LogP contribution in [0.4, 0.5) is 5.69 Å². The molecule has 0 spiro atoms. The van der Waals surface area contributed by atoms with Crippen molar-refractivity contribution in [1.82, 2.24) is 0 Å². The average molecular weight is 221 g/mol. The molecule has 1 aliphatic rings. The normalized spacial score (nSPS) is 20.8. The lowest BCUT2D eigenvalue weighted by molar-refractivity contribution is 0.0532. The van der Waals surface area contributed by atoms with Gasteiger partial charge in [-0.25, -0.2) is 4.79 Å². The molecule has 86 valence electrons. The number of carbonyl (C=O) groups is 1. The summed E-state index contributed by atoms with van der Waals surface area (Å²) in [6.45, 7) is 4.48. The molecule has 1 heterocycles. The highest BCUT2D eigenvalue weighted by Crippen LogP contribution is 2.18. The number of nitrogens with zero attached hydrogens (tertiary/aromatic N) is 1. The van der Waals surface area contributed by atoms with Crippen LogP contribution in [0.25, 0.3) is 0 Å².